The van der Waals surface area contributed by atoms with E-state index in [1.807, 2.05) is 0 Å². The Labute approximate surface area is 213 Å². The van der Waals surface area contributed by atoms with Gasteiger partial charge in [-0.2, -0.15) is 23.5 Å². The van der Waals surface area contributed by atoms with Crippen molar-refractivity contribution in [1.82, 2.24) is 9.78 Å². The molecule has 0 saturated heterocycles. The SMILES string of the molecule is CCS(=O)c1c(C#N)nn(-c2c(Cl)cc(C(F)(F)F)cc2Cl)c1NC(OCCF)C(Cl)(Cl)Cl. The zero-order chi connectivity index (χ0) is 25.1. The highest BCUT2D eigenvalue weighted by atomic mass is 35.6. The standard InChI is InChI=1S/C17H13Cl5F4N4O2S/c1-2-33(31)13-11(7-27)29-30(14(13)28-15(16(20,21)22)32-4-3-23)12-9(18)5-8(6-10(12)19)17(24,25)26/h5-6,15,28H,2-4H2,1H3. The Bertz CT molecular complexity index is 1060. The summed E-state index contributed by atoms with van der Waals surface area (Å²) in [6.07, 6.45) is -6.30. The first-order valence-electron chi connectivity index (χ1n) is 8.75. The highest BCUT2D eigenvalue weighted by Gasteiger charge is 2.38. The molecule has 182 valence electrons. The summed E-state index contributed by atoms with van der Waals surface area (Å²) in [7, 11) is -1.84. The Balaban J connectivity index is 2.81. The molecule has 2 atom stereocenters. The summed E-state index contributed by atoms with van der Waals surface area (Å²) in [5.41, 5.74) is -1.78. The van der Waals surface area contributed by atoms with Crippen molar-refractivity contribution < 1.29 is 26.5 Å². The van der Waals surface area contributed by atoms with Crippen molar-refractivity contribution in [3.8, 4) is 11.8 Å². The molecule has 0 spiro atoms. The number of nitrogens with zero attached hydrogens (tertiary/aromatic N) is 3. The van der Waals surface area contributed by atoms with E-state index in [0.29, 0.717) is 12.1 Å². The number of anilines is 1. The lowest BCUT2D eigenvalue weighted by Gasteiger charge is -2.27. The van der Waals surface area contributed by atoms with Gasteiger partial charge in [-0.3, -0.25) is 4.21 Å². The van der Waals surface area contributed by atoms with Gasteiger partial charge in [-0.25, -0.2) is 9.07 Å². The number of hydrogen-bond donors (Lipinski definition) is 1. The molecule has 0 radical (unpaired) electrons. The Morgan fingerprint density at radius 1 is 1.27 bits per heavy atom. The Kier molecular flexibility index (Phi) is 9.55. The third-order valence-corrected chi connectivity index (χ3v) is 6.46. The number of alkyl halides is 7. The van der Waals surface area contributed by atoms with Crippen molar-refractivity contribution in [2.45, 2.75) is 28.0 Å². The Hall–Kier alpha value is -1.000. The zero-order valence-corrected chi connectivity index (χ0v) is 20.9. The average Bonchev–Trinajstić information content (AvgIpc) is 3.06. The molecule has 2 aromatic rings. The third-order valence-electron chi connectivity index (χ3n) is 3.92. The fraction of sp³-hybridized carbons (Fsp3) is 0.412. The van der Waals surface area contributed by atoms with E-state index in [9.17, 15) is 27.0 Å². The second-order valence-corrected chi connectivity index (χ2v) is 11.0. The number of nitriles is 1. The molecular formula is C17H13Cl5F4N4O2S. The smallest absolute Gasteiger partial charge is 0.351 e. The number of rotatable bonds is 8. The topological polar surface area (TPSA) is 79.9 Å². The highest BCUT2D eigenvalue weighted by Crippen LogP contribution is 2.41. The van der Waals surface area contributed by atoms with Gasteiger partial charge in [0.15, 0.2) is 11.9 Å². The monoisotopic (exact) mass is 588 g/mol. The summed E-state index contributed by atoms with van der Waals surface area (Å²) < 4.78 is 68.6. The van der Waals surface area contributed by atoms with Crippen molar-refractivity contribution in [3.63, 3.8) is 0 Å². The predicted molar refractivity (Wildman–Crippen MR) is 120 cm³/mol. The van der Waals surface area contributed by atoms with Crippen LogP contribution in [0, 0.1) is 11.3 Å². The third kappa shape index (κ3) is 6.57. The van der Waals surface area contributed by atoms with E-state index in [0.717, 1.165) is 4.68 Å². The van der Waals surface area contributed by atoms with Crippen molar-refractivity contribution in [2.75, 3.05) is 24.4 Å². The van der Waals surface area contributed by atoms with Crippen LogP contribution in [0.15, 0.2) is 17.0 Å². The van der Waals surface area contributed by atoms with Crippen LogP contribution in [0.3, 0.4) is 0 Å². The lowest BCUT2D eigenvalue weighted by Crippen LogP contribution is -2.38. The molecule has 1 aromatic carbocycles. The fourth-order valence-electron chi connectivity index (χ4n) is 2.56. The lowest BCUT2D eigenvalue weighted by atomic mass is 10.2. The van der Waals surface area contributed by atoms with E-state index in [-0.39, 0.29) is 27.8 Å². The first-order chi connectivity index (χ1) is 15.3. The second kappa shape index (κ2) is 11.2. The number of benzene rings is 1. The minimum atomic E-state index is -4.75. The molecule has 1 heterocycles. The lowest BCUT2D eigenvalue weighted by molar-refractivity contribution is -0.137. The maximum atomic E-state index is 13.1. The molecule has 0 aliphatic rings. The van der Waals surface area contributed by atoms with E-state index >= 15 is 0 Å². The minimum absolute atomic E-state index is 0.0211. The number of aromatic nitrogens is 2. The van der Waals surface area contributed by atoms with Gasteiger partial charge in [0, 0.05) is 5.75 Å². The van der Waals surface area contributed by atoms with E-state index in [2.05, 4.69) is 10.4 Å². The molecule has 1 aromatic heterocycles. The summed E-state index contributed by atoms with van der Waals surface area (Å²) in [5, 5.41) is 15.1. The van der Waals surface area contributed by atoms with Gasteiger partial charge in [-0.15, -0.1) is 0 Å². The molecule has 16 heteroatoms. The number of ether oxygens (including phenoxy) is 1. The molecule has 1 N–H and O–H groups in total. The molecule has 2 unspecified atom stereocenters. The maximum Gasteiger partial charge on any atom is 0.416 e. The molecule has 33 heavy (non-hydrogen) atoms. The van der Waals surface area contributed by atoms with Crippen LogP contribution in [-0.2, 0) is 21.7 Å². The van der Waals surface area contributed by atoms with Crippen molar-refractivity contribution in [1.29, 1.82) is 5.26 Å². The molecular weight excluding hydrogens is 578 g/mol. The van der Waals surface area contributed by atoms with Gasteiger partial charge in [-0.1, -0.05) is 64.9 Å². The van der Waals surface area contributed by atoms with E-state index in [1.54, 1.807) is 13.0 Å². The maximum absolute atomic E-state index is 13.1. The van der Waals surface area contributed by atoms with Gasteiger partial charge in [0.1, 0.15) is 29.1 Å². The van der Waals surface area contributed by atoms with Crippen molar-refractivity contribution >= 4 is 74.6 Å². The summed E-state index contributed by atoms with van der Waals surface area (Å²) >= 11 is 29.9. The van der Waals surface area contributed by atoms with Crippen LogP contribution in [0.5, 0.6) is 0 Å². The molecule has 6 nitrogen and oxygen atoms in total. The molecule has 0 aliphatic heterocycles. The highest BCUT2D eigenvalue weighted by molar-refractivity contribution is 7.85. The van der Waals surface area contributed by atoms with Crippen LogP contribution >= 0.6 is 58.0 Å². The Morgan fingerprint density at radius 2 is 1.85 bits per heavy atom. The Morgan fingerprint density at radius 3 is 2.27 bits per heavy atom. The van der Waals surface area contributed by atoms with Gasteiger partial charge < -0.3 is 10.1 Å². The quantitative estimate of drug-likeness (QED) is 0.222. The number of hydrogen-bond acceptors (Lipinski definition) is 5. The van der Waals surface area contributed by atoms with Crippen molar-refractivity contribution in [2.24, 2.45) is 0 Å². The van der Waals surface area contributed by atoms with Gasteiger partial charge in [-0.05, 0) is 12.1 Å². The van der Waals surface area contributed by atoms with Gasteiger partial charge in [0.25, 0.3) is 0 Å². The summed E-state index contributed by atoms with van der Waals surface area (Å²) in [6, 6.07) is 2.94. The zero-order valence-electron chi connectivity index (χ0n) is 16.3. The second-order valence-electron chi connectivity index (χ2n) is 6.10. The van der Waals surface area contributed by atoms with Crippen LogP contribution in [0.4, 0.5) is 23.4 Å². The van der Waals surface area contributed by atoms with E-state index in [4.69, 9.17) is 62.7 Å². The normalized spacial score (nSPS) is 14.1. The molecule has 0 amide bonds. The van der Waals surface area contributed by atoms with Gasteiger partial charge >= 0.3 is 6.18 Å². The summed E-state index contributed by atoms with van der Waals surface area (Å²) in [6.45, 7) is 0.104. The van der Waals surface area contributed by atoms with E-state index in [1.165, 1.54) is 0 Å². The molecule has 2 rings (SSSR count). The largest absolute Gasteiger partial charge is 0.416 e. The van der Waals surface area contributed by atoms with Crippen LogP contribution in [-0.4, -0.2) is 43.0 Å². The van der Waals surface area contributed by atoms with Crippen LogP contribution in [0.1, 0.15) is 18.2 Å². The van der Waals surface area contributed by atoms with Gasteiger partial charge in [0.2, 0.25) is 3.79 Å². The summed E-state index contributed by atoms with van der Waals surface area (Å²) in [4.78, 5) is -0.171. The molecule has 0 fully saturated rings. The minimum Gasteiger partial charge on any atom is -0.351 e. The first-order valence-corrected chi connectivity index (χ1v) is 12.0. The van der Waals surface area contributed by atoms with Crippen LogP contribution in [0.2, 0.25) is 10.0 Å². The molecule has 0 aliphatic carbocycles. The first kappa shape index (κ1) is 28.2. The molecule has 0 saturated carbocycles. The number of halogens is 9. The average molecular weight is 591 g/mol. The van der Waals surface area contributed by atoms with Crippen LogP contribution < -0.4 is 5.32 Å². The molecule has 0 bridgehead atoms. The fourth-order valence-corrected chi connectivity index (χ4v) is 4.51. The van der Waals surface area contributed by atoms with Crippen molar-refractivity contribution in [3.05, 3.63) is 33.4 Å². The number of nitrogens with one attached hydrogen (secondary N) is 1. The predicted octanol–water partition coefficient (Wildman–Crippen LogP) is 6.29. The summed E-state index contributed by atoms with van der Waals surface area (Å²) in [5.74, 6) is -0.238. The van der Waals surface area contributed by atoms with E-state index < -0.39 is 55.9 Å². The van der Waals surface area contributed by atoms with Gasteiger partial charge in [0.05, 0.1) is 33.0 Å². The van der Waals surface area contributed by atoms with Crippen LogP contribution in [0.25, 0.3) is 5.69 Å².